The maximum Gasteiger partial charge on any atom is 0.516 e. The van der Waals surface area contributed by atoms with Crippen LogP contribution >= 0.6 is 0 Å². The number of alkyl halides is 6. The van der Waals surface area contributed by atoms with Gasteiger partial charge in [0.1, 0.15) is 0 Å². The lowest BCUT2D eigenvalue weighted by molar-refractivity contribution is -0.171. The highest BCUT2D eigenvalue weighted by Gasteiger charge is 2.51. The van der Waals surface area contributed by atoms with Crippen LogP contribution in [0.1, 0.15) is 5.56 Å². The first-order valence-corrected chi connectivity index (χ1v) is 6.32. The molecule has 0 bridgehead atoms. The fourth-order valence-electron chi connectivity index (χ4n) is 0.686. The summed E-state index contributed by atoms with van der Waals surface area (Å²) in [5.41, 5.74) is -4.75. The Morgan fingerprint density at radius 2 is 1.71 bits per heavy atom. The minimum atomic E-state index is -6.30. The van der Waals surface area contributed by atoms with Gasteiger partial charge >= 0.3 is 27.6 Å². The van der Waals surface area contributed by atoms with E-state index in [-0.39, 0.29) is 4.72 Å². The van der Waals surface area contributed by atoms with Crippen molar-refractivity contribution in [3.63, 3.8) is 0 Å². The van der Waals surface area contributed by atoms with Crippen molar-refractivity contribution in [3.05, 3.63) is 30.1 Å². The van der Waals surface area contributed by atoms with Gasteiger partial charge in [-0.2, -0.15) is 34.8 Å². The molecule has 12 heteroatoms. The quantitative estimate of drug-likeness (QED) is 0.794. The Balaban J connectivity index is 0.000000471. The smallest absolute Gasteiger partial charge is 0.264 e. The van der Waals surface area contributed by atoms with Crippen LogP contribution in [-0.4, -0.2) is 31.0 Å². The number of hydrogen-bond acceptors (Lipinski definition) is 4. The number of nitrogens with zero attached hydrogens (tertiary/aromatic N) is 1. The predicted molar refractivity (Wildman–Crippen MR) is 58.1 cm³/mol. The average Bonchev–Trinajstić information content (AvgIpc) is 2.27. The summed E-state index contributed by atoms with van der Waals surface area (Å²) in [7, 11) is -6.30. The van der Waals surface area contributed by atoms with Crippen LogP contribution in [0.25, 0.3) is 0 Å². The van der Waals surface area contributed by atoms with Crippen LogP contribution < -0.4 is 4.72 Å². The number of sulfonamides is 1. The third-order valence-electron chi connectivity index (χ3n) is 1.60. The fourth-order valence-corrected chi connectivity index (χ4v) is 1.16. The molecule has 120 valence electrons. The van der Waals surface area contributed by atoms with E-state index in [4.69, 9.17) is 0 Å². The lowest BCUT2D eigenvalue weighted by Gasteiger charge is -2.10. The van der Waals surface area contributed by atoms with Crippen molar-refractivity contribution in [3.8, 4) is 0 Å². The van der Waals surface area contributed by atoms with Crippen LogP contribution in [0.15, 0.2) is 24.5 Å². The molecule has 0 unspecified atom stereocenters. The molecule has 0 aliphatic carbocycles. The van der Waals surface area contributed by atoms with Gasteiger partial charge in [-0.25, -0.2) is 4.72 Å². The van der Waals surface area contributed by atoms with Crippen LogP contribution in [-0.2, 0) is 14.8 Å². The number of aryl methyl sites for hydroxylation is 1. The summed E-state index contributed by atoms with van der Waals surface area (Å²) in [5, 5.41) is 0. The second-order valence-electron chi connectivity index (χ2n) is 3.41. The van der Waals surface area contributed by atoms with E-state index < -0.39 is 27.6 Å². The van der Waals surface area contributed by atoms with Crippen molar-refractivity contribution in [2.45, 2.75) is 18.6 Å². The van der Waals surface area contributed by atoms with Crippen molar-refractivity contribution in [2.24, 2.45) is 0 Å². The Bertz CT molecular complexity index is 567. The van der Waals surface area contributed by atoms with Gasteiger partial charge in [0.05, 0.1) is 0 Å². The molecule has 1 aromatic rings. The third-order valence-corrected chi connectivity index (χ3v) is 2.66. The van der Waals surface area contributed by atoms with E-state index in [0.29, 0.717) is 0 Å². The molecular weight excluding hydrogens is 330 g/mol. The maximum atomic E-state index is 11.4. The van der Waals surface area contributed by atoms with Gasteiger partial charge < -0.3 is 0 Å². The summed E-state index contributed by atoms with van der Waals surface area (Å²) in [6, 6.07) is 3.95. The normalized spacial score (nSPS) is 12.1. The number of rotatable bonds is 1. The summed E-state index contributed by atoms with van der Waals surface area (Å²) in [6.07, 6.45) is -2.09. The first-order valence-electron chi connectivity index (χ1n) is 4.84. The molecule has 21 heavy (non-hydrogen) atoms. The molecule has 0 aliphatic rings. The highest BCUT2D eigenvalue weighted by molar-refractivity contribution is 7.90. The second-order valence-corrected chi connectivity index (χ2v) is 5.08. The number of aromatic nitrogens is 1. The molecule has 0 atom stereocenters. The number of hydrogen-bond donors (Lipinski definition) is 1. The molecule has 0 spiro atoms. The average molecular weight is 338 g/mol. The Morgan fingerprint density at radius 3 is 1.95 bits per heavy atom. The number of carbonyl (C=O) groups excluding carboxylic acids is 1. The number of carbonyl (C=O) groups is 1. The molecule has 0 fully saturated rings. The van der Waals surface area contributed by atoms with E-state index >= 15 is 0 Å². The van der Waals surface area contributed by atoms with Crippen LogP contribution in [0, 0.1) is 6.92 Å². The standard InChI is InChI=1S/C6H7N.C3HF6NO3S/c1-6-3-2-4-7-5-6;4-2(5,6)1(11)10-14(12,13)3(7,8)9/h2-5H,1H3;(H,10,11). The third kappa shape index (κ3) is 6.92. The molecule has 1 heterocycles. The molecule has 0 saturated heterocycles. The van der Waals surface area contributed by atoms with Gasteiger partial charge in [0, 0.05) is 12.4 Å². The molecule has 0 radical (unpaired) electrons. The zero-order valence-corrected chi connectivity index (χ0v) is 11.0. The summed E-state index contributed by atoms with van der Waals surface area (Å²) in [6.45, 7) is 2.02. The molecule has 0 aromatic carbocycles. The van der Waals surface area contributed by atoms with Gasteiger partial charge in [-0.05, 0) is 18.6 Å². The van der Waals surface area contributed by atoms with Crippen molar-refractivity contribution in [1.82, 2.24) is 9.71 Å². The summed E-state index contributed by atoms with van der Waals surface area (Å²) < 4.78 is 87.9. The predicted octanol–water partition coefficient (Wildman–Crippen LogP) is 1.90. The minimum Gasteiger partial charge on any atom is -0.264 e. The van der Waals surface area contributed by atoms with Gasteiger partial charge in [0.25, 0.3) is 0 Å². The number of nitrogens with one attached hydrogen (secondary N) is 1. The summed E-state index contributed by atoms with van der Waals surface area (Å²) in [5.74, 6) is -3.20. The molecule has 1 rings (SSSR count). The Labute approximate surface area is 115 Å². The van der Waals surface area contributed by atoms with E-state index in [1.54, 1.807) is 6.20 Å². The van der Waals surface area contributed by atoms with E-state index in [9.17, 15) is 39.6 Å². The van der Waals surface area contributed by atoms with Gasteiger partial charge in [0.2, 0.25) is 0 Å². The van der Waals surface area contributed by atoms with Crippen molar-refractivity contribution >= 4 is 15.9 Å². The van der Waals surface area contributed by atoms with E-state index in [2.05, 4.69) is 4.98 Å². The minimum absolute atomic E-state index is 0.181. The fraction of sp³-hybridized carbons (Fsp3) is 0.333. The Hall–Kier alpha value is -1.85. The highest BCUT2D eigenvalue weighted by atomic mass is 32.2. The first-order chi connectivity index (χ1) is 9.27. The van der Waals surface area contributed by atoms with Crippen LogP contribution in [0.3, 0.4) is 0 Å². The lowest BCUT2D eigenvalue weighted by atomic mass is 10.3. The van der Waals surface area contributed by atoms with Crippen molar-refractivity contribution in [1.29, 1.82) is 0 Å². The monoisotopic (exact) mass is 338 g/mol. The van der Waals surface area contributed by atoms with Gasteiger partial charge in [-0.15, -0.1) is 0 Å². The van der Waals surface area contributed by atoms with Crippen LogP contribution in [0.2, 0.25) is 0 Å². The van der Waals surface area contributed by atoms with Crippen LogP contribution in [0.4, 0.5) is 26.3 Å². The van der Waals surface area contributed by atoms with Gasteiger partial charge in [-0.1, -0.05) is 6.07 Å². The Kier molecular flexibility index (Phi) is 6.14. The molecule has 5 nitrogen and oxygen atoms in total. The van der Waals surface area contributed by atoms with Crippen molar-refractivity contribution in [2.75, 3.05) is 0 Å². The van der Waals surface area contributed by atoms with Gasteiger partial charge in [0.15, 0.2) is 0 Å². The number of amides is 1. The highest BCUT2D eigenvalue weighted by Crippen LogP contribution is 2.23. The largest absolute Gasteiger partial charge is 0.516 e. The molecule has 1 N–H and O–H groups in total. The summed E-state index contributed by atoms with van der Waals surface area (Å²) in [4.78, 5) is 13.7. The zero-order valence-electron chi connectivity index (χ0n) is 10.2. The van der Waals surface area contributed by atoms with E-state index in [1.807, 2.05) is 25.3 Å². The molecule has 0 aliphatic heterocycles. The lowest BCUT2D eigenvalue weighted by Crippen LogP contribution is -2.46. The topological polar surface area (TPSA) is 76.1 Å². The molecular formula is C9H8F6N2O3S. The zero-order chi connectivity index (χ0) is 16.9. The van der Waals surface area contributed by atoms with Crippen LogP contribution in [0.5, 0.6) is 0 Å². The molecule has 0 saturated carbocycles. The maximum absolute atomic E-state index is 11.4. The van der Waals surface area contributed by atoms with E-state index in [0.717, 1.165) is 0 Å². The number of halogens is 6. The Morgan fingerprint density at radius 1 is 1.19 bits per heavy atom. The second kappa shape index (κ2) is 6.74. The SMILES string of the molecule is Cc1cccnc1.O=C(NS(=O)(=O)C(F)(F)F)C(F)(F)F. The molecule has 1 amide bonds. The van der Waals surface area contributed by atoms with E-state index in [1.165, 1.54) is 5.56 Å². The number of pyridine rings is 1. The molecule has 1 aromatic heterocycles. The van der Waals surface area contributed by atoms with Gasteiger partial charge in [-0.3, -0.25) is 9.78 Å². The summed E-state index contributed by atoms with van der Waals surface area (Å²) >= 11 is 0. The van der Waals surface area contributed by atoms with Crippen molar-refractivity contribution < 1.29 is 39.6 Å². The first kappa shape index (κ1) is 19.1.